The highest BCUT2D eigenvalue weighted by Gasteiger charge is 2.20. The SMILES string of the molecule is COc1ccc(S[C@H](C)C(=O)NC[C@H]2CN(C)CCO2)cc1. The van der Waals surface area contributed by atoms with Crippen molar-refractivity contribution < 1.29 is 14.3 Å². The molecule has 122 valence electrons. The summed E-state index contributed by atoms with van der Waals surface area (Å²) in [5, 5.41) is 2.84. The second-order valence-electron chi connectivity index (χ2n) is 5.44. The third-order valence-electron chi connectivity index (χ3n) is 3.59. The third-order valence-corrected chi connectivity index (χ3v) is 4.70. The molecule has 5 nitrogen and oxygen atoms in total. The molecular weight excluding hydrogens is 300 g/mol. The molecule has 22 heavy (non-hydrogen) atoms. The van der Waals surface area contributed by atoms with Crippen LogP contribution in [0.5, 0.6) is 5.75 Å². The molecule has 0 aliphatic carbocycles. The molecule has 1 amide bonds. The van der Waals surface area contributed by atoms with Crippen LogP contribution in [0.25, 0.3) is 0 Å². The first kappa shape index (κ1) is 17.1. The smallest absolute Gasteiger partial charge is 0.233 e. The van der Waals surface area contributed by atoms with E-state index in [1.807, 2.05) is 31.2 Å². The van der Waals surface area contributed by atoms with E-state index in [2.05, 4.69) is 17.3 Å². The average molecular weight is 324 g/mol. The highest BCUT2D eigenvalue weighted by molar-refractivity contribution is 8.00. The molecule has 1 aliphatic rings. The molecule has 0 radical (unpaired) electrons. The summed E-state index contributed by atoms with van der Waals surface area (Å²) in [6.45, 7) is 5.02. The van der Waals surface area contributed by atoms with Gasteiger partial charge in [0.05, 0.1) is 25.1 Å². The van der Waals surface area contributed by atoms with Gasteiger partial charge >= 0.3 is 0 Å². The molecule has 1 N–H and O–H groups in total. The van der Waals surface area contributed by atoms with Crippen LogP contribution in [0.3, 0.4) is 0 Å². The molecule has 1 aromatic rings. The van der Waals surface area contributed by atoms with Gasteiger partial charge in [0.15, 0.2) is 0 Å². The monoisotopic (exact) mass is 324 g/mol. The number of methoxy groups -OCH3 is 1. The summed E-state index contributed by atoms with van der Waals surface area (Å²) >= 11 is 1.54. The molecule has 1 aliphatic heterocycles. The minimum absolute atomic E-state index is 0.0395. The number of carbonyl (C=O) groups excluding carboxylic acids is 1. The second kappa shape index (κ2) is 8.41. The number of amides is 1. The highest BCUT2D eigenvalue weighted by Crippen LogP contribution is 2.25. The van der Waals surface area contributed by atoms with Crippen LogP contribution < -0.4 is 10.1 Å². The van der Waals surface area contributed by atoms with Gasteiger partial charge in [-0.2, -0.15) is 0 Å². The molecule has 0 spiro atoms. The van der Waals surface area contributed by atoms with E-state index in [9.17, 15) is 4.79 Å². The van der Waals surface area contributed by atoms with Gasteiger partial charge in [-0.3, -0.25) is 4.79 Å². The third kappa shape index (κ3) is 5.19. The predicted octanol–water partition coefficient (Wildman–Crippen LogP) is 1.62. The Morgan fingerprint density at radius 1 is 1.50 bits per heavy atom. The maximum atomic E-state index is 12.2. The van der Waals surface area contributed by atoms with Crippen molar-refractivity contribution in [2.75, 3.05) is 40.4 Å². The Balaban J connectivity index is 1.76. The molecule has 0 unspecified atom stereocenters. The Labute approximate surface area is 136 Å². The summed E-state index contributed by atoms with van der Waals surface area (Å²) in [7, 11) is 3.71. The molecular formula is C16H24N2O3S. The molecule has 2 rings (SSSR count). The van der Waals surface area contributed by atoms with Crippen molar-refractivity contribution in [3.05, 3.63) is 24.3 Å². The van der Waals surface area contributed by atoms with Crippen molar-refractivity contribution in [2.24, 2.45) is 0 Å². The molecule has 1 aromatic carbocycles. The lowest BCUT2D eigenvalue weighted by Crippen LogP contribution is -2.47. The van der Waals surface area contributed by atoms with Crippen LogP contribution in [0.15, 0.2) is 29.2 Å². The fourth-order valence-corrected chi connectivity index (χ4v) is 3.15. The van der Waals surface area contributed by atoms with E-state index in [1.165, 1.54) is 11.8 Å². The summed E-state index contributed by atoms with van der Waals surface area (Å²) < 4.78 is 10.8. The van der Waals surface area contributed by atoms with Crippen LogP contribution in [-0.4, -0.2) is 62.6 Å². The number of rotatable bonds is 6. The van der Waals surface area contributed by atoms with Gasteiger partial charge in [-0.05, 0) is 38.2 Å². The van der Waals surface area contributed by atoms with Gasteiger partial charge in [0.1, 0.15) is 5.75 Å². The molecule has 1 heterocycles. The first-order valence-corrected chi connectivity index (χ1v) is 8.35. The number of carbonyl (C=O) groups is 1. The van der Waals surface area contributed by atoms with Gasteiger partial charge in [0.25, 0.3) is 0 Å². The van der Waals surface area contributed by atoms with E-state index < -0.39 is 0 Å². The summed E-state index contributed by atoms with van der Waals surface area (Å²) in [6, 6.07) is 7.73. The summed E-state index contributed by atoms with van der Waals surface area (Å²) in [4.78, 5) is 15.4. The van der Waals surface area contributed by atoms with Crippen LogP contribution in [0, 0.1) is 0 Å². The molecule has 1 saturated heterocycles. The van der Waals surface area contributed by atoms with Crippen LogP contribution >= 0.6 is 11.8 Å². The largest absolute Gasteiger partial charge is 0.497 e. The van der Waals surface area contributed by atoms with Gasteiger partial charge < -0.3 is 19.7 Å². The number of benzene rings is 1. The van der Waals surface area contributed by atoms with E-state index in [0.717, 1.165) is 30.3 Å². The van der Waals surface area contributed by atoms with E-state index in [1.54, 1.807) is 7.11 Å². The normalized spacial score (nSPS) is 20.4. The minimum atomic E-state index is -0.144. The van der Waals surface area contributed by atoms with Crippen molar-refractivity contribution in [3.8, 4) is 5.75 Å². The second-order valence-corrected chi connectivity index (χ2v) is 6.85. The molecule has 6 heteroatoms. The topological polar surface area (TPSA) is 50.8 Å². The lowest BCUT2D eigenvalue weighted by Gasteiger charge is -2.30. The Kier molecular flexibility index (Phi) is 6.54. The minimum Gasteiger partial charge on any atom is -0.497 e. The zero-order valence-electron chi connectivity index (χ0n) is 13.4. The van der Waals surface area contributed by atoms with Gasteiger partial charge in [-0.15, -0.1) is 11.8 Å². The molecule has 2 atom stereocenters. The molecule has 0 saturated carbocycles. The van der Waals surface area contributed by atoms with Gasteiger partial charge in [0, 0.05) is 24.5 Å². The van der Waals surface area contributed by atoms with E-state index in [4.69, 9.17) is 9.47 Å². The van der Waals surface area contributed by atoms with E-state index >= 15 is 0 Å². The number of nitrogens with one attached hydrogen (secondary N) is 1. The van der Waals surface area contributed by atoms with Gasteiger partial charge in [-0.1, -0.05) is 0 Å². The number of likely N-dealkylation sites (N-methyl/N-ethyl adjacent to an activating group) is 1. The molecule has 1 fully saturated rings. The molecule has 0 bridgehead atoms. The highest BCUT2D eigenvalue weighted by atomic mass is 32.2. The Morgan fingerprint density at radius 2 is 2.23 bits per heavy atom. The number of thioether (sulfide) groups is 1. The van der Waals surface area contributed by atoms with Crippen molar-refractivity contribution >= 4 is 17.7 Å². The summed E-state index contributed by atoms with van der Waals surface area (Å²) in [5.41, 5.74) is 0. The quantitative estimate of drug-likeness (QED) is 0.806. The maximum Gasteiger partial charge on any atom is 0.233 e. The predicted molar refractivity (Wildman–Crippen MR) is 88.6 cm³/mol. The van der Waals surface area contributed by atoms with Crippen LogP contribution in [0.2, 0.25) is 0 Å². The number of morpholine rings is 1. The van der Waals surface area contributed by atoms with Crippen molar-refractivity contribution in [3.63, 3.8) is 0 Å². The van der Waals surface area contributed by atoms with E-state index in [-0.39, 0.29) is 17.3 Å². The first-order chi connectivity index (χ1) is 10.6. The Hall–Kier alpha value is -1.24. The standard InChI is InChI=1S/C16H24N2O3S/c1-12(22-15-6-4-13(20-3)5-7-15)16(19)17-10-14-11-18(2)8-9-21-14/h4-7,12,14H,8-11H2,1-3H3,(H,17,19)/t12-,14+/m1/s1. The maximum absolute atomic E-state index is 12.2. The van der Waals surface area contributed by atoms with Gasteiger partial charge in [0.2, 0.25) is 5.91 Å². The van der Waals surface area contributed by atoms with Crippen molar-refractivity contribution in [1.82, 2.24) is 10.2 Å². The lowest BCUT2D eigenvalue weighted by atomic mass is 10.3. The fourth-order valence-electron chi connectivity index (χ4n) is 2.26. The first-order valence-electron chi connectivity index (χ1n) is 7.47. The zero-order valence-corrected chi connectivity index (χ0v) is 14.2. The number of hydrogen-bond donors (Lipinski definition) is 1. The van der Waals surface area contributed by atoms with Crippen molar-refractivity contribution in [2.45, 2.75) is 23.2 Å². The Bertz CT molecular complexity index is 481. The van der Waals surface area contributed by atoms with Crippen LogP contribution in [-0.2, 0) is 9.53 Å². The number of hydrogen-bond acceptors (Lipinski definition) is 5. The van der Waals surface area contributed by atoms with Crippen molar-refractivity contribution in [1.29, 1.82) is 0 Å². The number of nitrogens with zero attached hydrogens (tertiary/aromatic N) is 1. The Morgan fingerprint density at radius 3 is 2.86 bits per heavy atom. The summed E-state index contributed by atoms with van der Waals surface area (Å²) in [6.07, 6.45) is 0.0842. The van der Waals surface area contributed by atoms with Crippen LogP contribution in [0.1, 0.15) is 6.92 Å². The van der Waals surface area contributed by atoms with E-state index in [0.29, 0.717) is 6.54 Å². The zero-order chi connectivity index (χ0) is 15.9. The number of ether oxygens (including phenoxy) is 2. The molecule has 0 aromatic heterocycles. The lowest BCUT2D eigenvalue weighted by molar-refractivity contribution is -0.121. The fraction of sp³-hybridized carbons (Fsp3) is 0.562. The average Bonchev–Trinajstić information content (AvgIpc) is 2.53. The van der Waals surface area contributed by atoms with Gasteiger partial charge in [-0.25, -0.2) is 0 Å². The van der Waals surface area contributed by atoms with Crippen LogP contribution in [0.4, 0.5) is 0 Å². The summed E-state index contributed by atoms with van der Waals surface area (Å²) in [5.74, 6) is 0.859.